The molecule has 1 rings (SSSR count). The minimum atomic E-state index is -0.308. The Hall–Kier alpha value is -1.19. The molecule has 0 aromatic heterocycles. The highest BCUT2D eigenvalue weighted by atomic mass is 16.1. The molecule has 0 saturated heterocycles. The van der Waals surface area contributed by atoms with Crippen molar-refractivity contribution in [2.45, 2.75) is 18.9 Å². The summed E-state index contributed by atoms with van der Waals surface area (Å²) in [6, 6.07) is 0.0231. The summed E-state index contributed by atoms with van der Waals surface area (Å²) in [6.07, 6.45) is 4.24. The molecule has 1 aliphatic heterocycles. The Balaban J connectivity index is 2.37. The molecule has 0 saturated carbocycles. The van der Waals surface area contributed by atoms with Crippen LogP contribution in [0.1, 0.15) is 12.8 Å². The van der Waals surface area contributed by atoms with Crippen LogP contribution in [0.5, 0.6) is 0 Å². The number of nitrogens with zero attached hydrogens (tertiary/aromatic N) is 2. The molecule has 1 heterocycles. The SMILES string of the molecule is NC(=O)CC1CC=NC=N1. The van der Waals surface area contributed by atoms with Gasteiger partial charge in [0.15, 0.2) is 0 Å². The van der Waals surface area contributed by atoms with E-state index in [1.165, 1.54) is 6.34 Å². The summed E-state index contributed by atoms with van der Waals surface area (Å²) in [6.45, 7) is 0. The van der Waals surface area contributed by atoms with Gasteiger partial charge in [0.05, 0.1) is 6.04 Å². The quantitative estimate of drug-likeness (QED) is 0.562. The lowest BCUT2D eigenvalue weighted by atomic mass is 10.1. The number of hydrogen-bond acceptors (Lipinski definition) is 3. The van der Waals surface area contributed by atoms with E-state index in [0.717, 1.165) is 6.42 Å². The fourth-order valence-electron chi connectivity index (χ4n) is 0.792. The summed E-state index contributed by atoms with van der Waals surface area (Å²) >= 11 is 0. The second kappa shape index (κ2) is 3.10. The molecule has 54 valence electrons. The molecule has 1 aliphatic rings. The Kier molecular flexibility index (Phi) is 2.15. The predicted octanol–water partition coefficient (Wildman–Crippen LogP) is -0.267. The summed E-state index contributed by atoms with van der Waals surface area (Å²) in [5.74, 6) is -0.308. The van der Waals surface area contributed by atoms with Crippen molar-refractivity contribution < 1.29 is 4.79 Å². The zero-order valence-electron chi connectivity index (χ0n) is 5.53. The average Bonchev–Trinajstić information content (AvgIpc) is 1.88. The van der Waals surface area contributed by atoms with Gasteiger partial charge in [-0.3, -0.25) is 9.79 Å². The van der Waals surface area contributed by atoms with Crippen molar-refractivity contribution in [1.29, 1.82) is 0 Å². The molecule has 0 aromatic rings. The van der Waals surface area contributed by atoms with Crippen LogP contribution in [0.25, 0.3) is 0 Å². The van der Waals surface area contributed by atoms with Crippen LogP contribution < -0.4 is 5.73 Å². The molecule has 4 heteroatoms. The van der Waals surface area contributed by atoms with Gasteiger partial charge in [0.2, 0.25) is 5.91 Å². The molecule has 2 N–H and O–H groups in total. The number of amides is 1. The minimum Gasteiger partial charge on any atom is -0.370 e. The molecule has 10 heavy (non-hydrogen) atoms. The fourth-order valence-corrected chi connectivity index (χ4v) is 0.792. The van der Waals surface area contributed by atoms with Crippen LogP contribution in [0.2, 0.25) is 0 Å². The Bertz CT molecular complexity index is 185. The summed E-state index contributed by atoms with van der Waals surface area (Å²) < 4.78 is 0. The molecular formula is C6H9N3O. The van der Waals surface area contributed by atoms with E-state index >= 15 is 0 Å². The molecule has 1 amide bonds. The van der Waals surface area contributed by atoms with Crippen molar-refractivity contribution in [2.24, 2.45) is 15.7 Å². The van der Waals surface area contributed by atoms with Gasteiger partial charge in [-0.2, -0.15) is 0 Å². The molecule has 0 aliphatic carbocycles. The van der Waals surface area contributed by atoms with Crippen LogP contribution in [-0.4, -0.2) is 24.5 Å². The Morgan fingerprint density at radius 3 is 3.10 bits per heavy atom. The van der Waals surface area contributed by atoms with Gasteiger partial charge in [0.25, 0.3) is 0 Å². The van der Waals surface area contributed by atoms with Gasteiger partial charge >= 0.3 is 0 Å². The fraction of sp³-hybridized carbons (Fsp3) is 0.500. The van der Waals surface area contributed by atoms with E-state index in [1.54, 1.807) is 6.21 Å². The molecule has 0 spiro atoms. The van der Waals surface area contributed by atoms with Crippen molar-refractivity contribution >= 4 is 18.5 Å². The second-order valence-corrected chi connectivity index (χ2v) is 2.16. The highest BCUT2D eigenvalue weighted by molar-refractivity contribution is 5.79. The number of rotatable bonds is 2. The lowest BCUT2D eigenvalue weighted by Gasteiger charge is -2.07. The highest BCUT2D eigenvalue weighted by Crippen LogP contribution is 2.03. The molecule has 0 bridgehead atoms. The number of carbonyl (C=O) groups is 1. The topological polar surface area (TPSA) is 67.8 Å². The van der Waals surface area contributed by atoms with Crippen LogP contribution >= 0.6 is 0 Å². The molecule has 1 unspecified atom stereocenters. The first-order chi connectivity index (χ1) is 4.79. The summed E-state index contributed by atoms with van der Waals surface area (Å²) in [5.41, 5.74) is 4.97. The van der Waals surface area contributed by atoms with Crippen molar-refractivity contribution in [3.8, 4) is 0 Å². The molecule has 0 aromatic carbocycles. The molecule has 0 radical (unpaired) electrons. The molecular weight excluding hydrogens is 130 g/mol. The van der Waals surface area contributed by atoms with Crippen molar-refractivity contribution in [2.75, 3.05) is 0 Å². The van der Waals surface area contributed by atoms with Crippen LogP contribution in [-0.2, 0) is 4.79 Å². The number of hydrogen-bond donors (Lipinski definition) is 1. The maximum atomic E-state index is 10.4. The van der Waals surface area contributed by atoms with E-state index in [4.69, 9.17) is 5.73 Å². The lowest BCUT2D eigenvalue weighted by Crippen LogP contribution is -2.20. The van der Waals surface area contributed by atoms with Gasteiger partial charge in [0, 0.05) is 19.1 Å². The minimum absolute atomic E-state index is 0.0231. The van der Waals surface area contributed by atoms with Gasteiger partial charge in [0.1, 0.15) is 6.34 Å². The largest absolute Gasteiger partial charge is 0.370 e. The van der Waals surface area contributed by atoms with E-state index in [2.05, 4.69) is 9.98 Å². The maximum absolute atomic E-state index is 10.4. The van der Waals surface area contributed by atoms with E-state index < -0.39 is 0 Å². The van der Waals surface area contributed by atoms with Crippen molar-refractivity contribution in [3.63, 3.8) is 0 Å². The van der Waals surface area contributed by atoms with Gasteiger partial charge in [-0.1, -0.05) is 0 Å². The maximum Gasteiger partial charge on any atom is 0.219 e. The van der Waals surface area contributed by atoms with E-state index in [1.807, 2.05) is 0 Å². The average molecular weight is 139 g/mol. The number of primary amides is 1. The third kappa shape index (κ3) is 1.97. The zero-order chi connectivity index (χ0) is 7.40. The van der Waals surface area contributed by atoms with Crippen molar-refractivity contribution in [3.05, 3.63) is 0 Å². The van der Waals surface area contributed by atoms with Crippen LogP contribution in [0.15, 0.2) is 9.98 Å². The third-order valence-corrected chi connectivity index (χ3v) is 1.26. The van der Waals surface area contributed by atoms with E-state index in [9.17, 15) is 4.79 Å². The van der Waals surface area contributed by atoms with Gasteiger partial charge in [-0.15, -0.1) is 0 Å². The third-order valence-electron chi connectivity index (χ3n) is 1.26. The number of nitrogens with two attached hydrogens (primary N) is 1. The van der Waals surface area contributed by atoms with E-state index in [0.29, 0.717) is 6.42 Å². The van der Waals surface area contributed by atoms with Crippen molar-refractivity contribution in [1.82, 2.24) is 0 Å². The van der Waals surface area contributed by atoms with Crippen LogP contribution in [0, 0.1) is 0 Å². The van der Waals surface area contributed by atoms with Gasteiger partial charge in [-0.05, 0) is 0 Å². The zero-order valence-corrected chi connectivity index (χ0v) is 5.53. The van der Waals surface area contributed by atoms with Crippen LogP contribution in [0.3, 0.4) is 0 Å². The summed E-state index contributed by atoms with van der Waals surface area (Å²) in [4.78, 5) is 18.1. The first-order valence-corrected chi connectivity index (χ1v) is 3.10. The second-order valence-electron chi connectivity index (χ2n) is 2.16. The lowest BCUT2D eigenvalue weighted by molar-refractivity contribution is -0.118. The normalized spacial score (nSPS) is 23.0. The van der Waals surface area contributed by atoms with Gasteiger partial charge in [-0.25, -0.2) is 4.99 Å². The molecule has 0 fully saturated rings. The molecule has 4 nitrogen and oxygen atoms in total. The summed E-state index contributed by atoms with van der Waals surface area (Å²) in [5, 5.41) is 0. The number of aliphatic imine (C=N–C) groups is 2. The Labute approximate surface area is 58.9 Å². The first-order valence-electron chi connectivity index (χ1n) is 3.10. The van der Waals surface area contributed by atoms with Gasteiger partial charge < -0.3 is 5.73 Å². The smallest absolute Gasteiger partial charge is 0.219 e. The molecule has 1 atom stereocenters. The highest BCUT2D eigenvalue weighted by Gasteiger charge is 2.09. The first kappa shape index (κ1) is 6.92. The van der Waals surface area contributed by atoms with Crippen LogP contribution in [0.4, 0.5) is 0 Å². The van der Waals surface area contributed by atoms with E-state index in [-0.39, 0.29) is 11.9 Å². The Morgan fingerprint density at radius 2 is 2.60 bits per heavy atom. The monoisotopic (exact) mass is 139 g/mol. The predicted molar refractivity (Wildman–Crippen MR) is 39.2 cm³/mol. The summed E-state index contributed by atoms with van der Waals surface area (Å²) in [7, 11) is 0. The standard InChI is InChI=1S/C6H9N3O/c7-6(10)3-5-1-2-8-4-9-5/h2,4-5H,1,3H2,(H2,7,10). The number of carbonyl (C=O) groups excluding carboxylic acids is 1. The Morgan fingerprint density at radius 1 is 1.80 bits per heavy atom.